The lowest BCUT2D eigenvalue weighted by atomic mass is 9.89. The molecule has 116 valence electrons. The zero-order chi connectivity index (χ0) is 16.2. The zero-order valence-corrected chi connectivity index (χ0v) is 13.3. The highest BCUT2D eigenvalue weighted by atomic mass is 16.5. The Morgan fingerprint density at radius 1 is 1.33 bits per heavy atom. The van der Waals surface area contributed by atoms with E-state index in [2.05, 4.69) is 0 Å². The molecule has 0 fully saturated rings. The van der Waals surface area contributed by atoms with Gasteiger partial charge in [0, 0.05) is 25.6 Å². The van der Waals surface area contributed by atoms with Crippen LogP contribution in [0.3, 0.4) is 0 Å². The summed E-state index contributed by atoms with van der Waals surface area (Å²) in [5.41, 5.74) is 0.918. The molecule has 0 unspecified atom stereocenters. The van der Waals surface area contributed by atoms with E-state index in [1.54, 1.807) is 28.0 Å². The molecule has 1 aromatic rings. The van der Waals surface area contributed by atoms with Crippen molar-refractivity contribution in [2.45, 2.75) is 33.7 Å². The van der Waals surface area contributed by atoms with E-state index in [1.165, 1.54) is 4.90 Å². The van der Waals surface area contributed by atoms with Crippen LogP contribution in [0.4, 0.5) is 0 Å². The lowest BCUT2D eigenvalue weighted by molar-refractivity contribution is -0.151. The molecule has 0 aliphatic carbocycles. The van der Waals surface area contributed by atoms with Crippen LogP contribution in [0.2, 0.25) is 0 Å². The van der Waals surface area contributed by atoms with Crippen molar-refractivity contribution in [2.75, 3.05) is 14.2 Å². The fraction of sp³-hybridized carbons (Fsp3) is 0.500. The summed E-state index contributed by atoms with van der Waals surface area (Å²) in [6.07, 6.45) is -0.0348. The first-order chi connectivity index (χ1) is 9.67. The van der Waals surface area contributed by atoms with Crippen LogP contribution >= 0.6 is 0 Å². The van der Waals surface area contributed by atoms with E-state index in [1.807, 2.05) is 25.1 Å². The van der Waals surface area contributed by atoms with Gasteiger partial charge in [-0.25, -0.2) is 0 Å². The van der Waals surface area contributed by atoms with Crippen molar-refractivity contribution >= 4 is 11.9 Å². The van der Waals surface area contributed by atoms with Gasteiger partial charge in [-0.3, -0.25) is 9.59 Å². The van der Waals surface area contributed by atoms with Crippen molar-refractivity contribution in [2.24, 2.45) is 5.41 Å². The Morgan fingerprint density at radius 3 is 2.48 bits per heavy atom. The summed E-state index contributed by atoms with van der Waals surface area (Å²) < 4.78 is 5.29. The number of ether oxygens (including phenoxy) is 1. The average Bonchev–Trinajstić information content (AvgIpc) is 2.38. The van der Waals surface area contributed by atoms with Crippen LogP contribution in [0.15, 0.2) is 18.2 Å². The minimum atomic E-state index is -1.07. The van der Waals surface area contributed by atoms with Crippen LogP contribution in [-0.2, 0) is 16.1 Å². The summed E-state index contributed by atoms with van der Waals surface area (Å²) in [6, 6.07) is 5.77. The number of amides is 1. The zero-order valence-electron chi connectivity index (χ0n) is 13.3. The Balaban J connectivity index is 2.82. The number of hydrogen-bond acceptors (Lipinski definition) is 3. The number of carboxylic acid groups (broad SMARTS) is 1. The number of aryl methyl sites for hydroxylation is 1. The predicted octanol–water partition coefficient (Wildman–Crippen LogP) is 2.46. The maximum Gasteiger partial charge on any atom is 0.309 e. The first-order valence-electron chi connectivity index (χ1n) is 6.78. The third kappa shape index (κ3) is 4.48. The maximum absolute atomic E-state index is 12.2. The Bertz CT molecular complexity index is 537. The molecule has 5 nitrogen and oxygen atoms in total. The second kappa shape index (κ2) is 6.61. The number of carboxylic acids is 1. The van der Waals surface area contributed by atoms with Gasteiger partial charge < -0.3 is 14.7 Å². The van der Waals surface area contributed by atoms with Crippen molar-refractivity contribution < 1.29 is 19.4 Å². The number of benzene rings is 1. The number of hydrogen-bond donors (Lipinski definition) is 1. The number of rotatable bonds is 6. The first kappa shape index (κ1) is 17.0. The van der Waals surface area contributed by atoms with Crippen molar-refractivity contribution in [1.82, 2.24) is 4.90 Å². The van der Waals surface area contributed by atoms with E-state index in [0.717, 1.165) is 16.9 Å². The lowest BCUT2D eigenvalue weighted by Crippen LogP contribution is -2.34. The number of carbonyl (C=O) groups excluding carboxylic acids is 1. The summed E-state index contributed by atoms with van der Waals surface area (Å²) >= 11 is 0. The van der Waals surface area contributed by atoms with Crippen molar-refractivity contribution in [3.63, 3.8) is 0 Å². The predicted molar refractivity (Wildman–Crippen MR) is 80.2 cm³/mol. The number of carbonyl (C=O) groups is 2. The molecule has 1 aromatic carbocycles. The molecular formula is C16H23NO4. The lowest BCUT2D eigenvalue weighted by Gasteiger charge is -2.24. The molecule has 0 bridgehead atoms. The van der Waals surface area contributed by atoms with Gasteiger partial charge in [-0.15, -0.1) is 0 Å². The minimum Gasteiger partial charge on any atom is -0.496 e. The molecule has 0 saturated carbocycles. The maximum atomic E-state index is 12.2. The van der Waals surface area contributed by atoms with Gasteiger partial charge in [0.25, 0.3) is 0 Å². The Morgan fingerprint density at radius 2 is 1.95 bits per heavy atom. The van der Waals surface area contributed by atoms with Gasteiger partial charge >= 0.3 is 5.97 Å². The number of methoxy groups -OCH3 is 1. The van der Waals surface area contributed by atoms with E-state index in [-0.39, 0.29) is 12.3 Å². The van der Waals surface area contributed by atoms with Gasteiger partial charge in [0.2, 0.25) is 5.91 Å². The molecule has 0 aliphatic heterocycles. The van der Waals surface area contributed by atoms with Crippen LogP contribution in [0.1, 0.15) is 31.4 Å². The standard InChI is InChI=1S/C16H23NO4/c1-11-6-7-13(21-5)12(8-11)10-17(4)14(18)9-16(2,3)15(19)20/h6-8H,9-10H2,1-5H3,(H,19,20). The summed E-state index contributed by atoms with van der Waals surface area (Å²) in [5, 5.41) is 9.09. The Kier molecular flexibility index (Phi) is 5.35. The fourth-order valence-corrected chi connectivity index (χ4v) is 1.96. The van der Waals surface area contributed by atoms with Crippen molar-refractivity contribution in [3.05, 3.63) is 29.3 Å². The smallest absolute Gasteiger partial charge is 0.309 e. The van der Waals surface area contributed by atoms with Gasteiger partial charge in [-0.2, -0.15) is 0 Å². The van der Waals surface area contributed by atoms with Crippen LogP contribution in [0, 0.1) is 12.3 Å². The highest BCUT2D eigenvalue weighted by molar-refractivity contribution is 5.84. The Labute approximate surface area is 125 Å². The molecule has 0 saturated heterocycles. The van der Waals surface area contributed by atoms with Gasteiger partial charge in [-0.1, -0.05) is 17.7 Å². The van der Waals surface area contributed by atoms with Gasteiger partial charge in [0.15, 0.2) is 0 Å². The third-order valence-electron chi connectivity index (χ3n) is 3.44. The van der Waals surface area contributed by atoms with Crippen LogP contribution in [-0.4, -0.2) is 36.0 Å². The number of aliphatic carboxylic acids is 1. The van der Waals surface area contributed by atoms with Gasteiger partial charge in [0.1, 0.15) is 5.75 Å². The molecule has 1 N–H and O–H groups in total. The fourth-order valence-electron chi connectivity index (χ4n) is 1.96. The van der Waals surface area contributed by atoms with E-state index in [9.17, 15) is 9.59 Å². The second-order valence-electron chi connectivity index (χ2n) is 5.93. The summed E-state index contributed by atoms with van der Waals surface area (Å²) in [6.45, 7) is 5.46. The van der Waals surface area contributed by atoms with Crippen molar-refractivity contribution in [3.8, 4) is 5.75 Å². The largest absolute Gasteiger partial charge is 0.496 e. The second-order valence-corrected chi connectivity index (χ2v) is 5.93. The van der Waals surface area contributed by atoms with E-state index < -0.39 is 11.4 Å². The molecule has 0 aromatic heterocycles. The first-order valence-corrected chi connectivity index (χ1v) is 6.78. The van der Waals surface area contributed by atoms with Crippen molar-refractivity contribution in [1.29, 1.82) is 0 Å². The van der Waals surface area contributed by atoms with Gasteiger partial charge in [-0.05, 0) is 26.8 Å². The topological polar surface area (TPSA) is 66.8 Å². The van der Waals surface area contributed by atoms with Gasteiger partial charge in [0.05, 0.1) is 12.5 Å². The SMILES string of the molecule is COc1ccc(C)cc1CN(C)C(=O)CC(C)(C)C(=O)O. The number of nitrogens with zero attached hydrogens (tertiary/aromatic N) is 1. The Hall–Kier alpha value is -2.04. The third-order valence-corrected chi connectivity index (χ3v) is 3.44. The molecular weight excluding hydrogens is 270 g/mol. The molecule has 0 heterocycles. The monoisotopic (exact) mass is 293 g/mol. The van der Waals surface area contributed by atoms with Crippen LogP contribution in [0.25, 0.3) is 0 Å². The molecule has 21 heavy (non-hydrogen) atoms. The van der Waals surface area contributed by atoms with E-state index in [0.29, 0.717) is 6.54 Å². The molecule has 0 aliphatic rings. The normalized spacial score (nSPS) is 11.1. The molecule has 1 amide bonds. The molecule has 5 heteroatoms. The molecule has 0 radical (unpaired) electrons. The summed E-state index contributed by atoms with van der Waals surface area (Å²) in [7, 11) is 3.26. The van der Waals surface area contributed by atoms with Crippen LogP contribution < -0.4 is 4.74 Å². The van der Waals surface area contributed by atoms with E-state index >= 15 is 0 Å². The van der Waals surface area contributed by atoms with E-state index in [4.69, 9.17) is 9.84 Å². The average molecular weight is 293 g/mol. The van der Waals surface area contributed by atoms with Crippen LogP contribution in [0.5, 0.6) is 5.75 Å². The molecule has 1 rings (SSSR count). The summed E-state index contributed by atoms with van der Waals surface area (Å²) in [4.78, 5) is 24.8. The molecule has 0 spiro atoms. The highest BCUT2D eigenvalue weighted by Crippen LogP contribution is 2.24. The quantitative estimate of drug-likeness (QED) is 0.875. The molecule has 0 atom stereocenters. The summed E-state index contributed by atoms with van der Waals surface area (Å²) in [5.74, 6) is -0.457. The highest BCUT2D eigenvalue weighted by Gasteiger charge is 2.31. The minimum absolute atomic E-state index is 0.0348.